The second kappa shape index (κ2) is 11.4. The van der Waals surface area contributed by atoms with E-state index in [-0.39, 0.29) is 0 Å². The number of pyridine rings is 1. The van der Waals surface area contributed by atoms with Gasteiger partial charge in [-0.15, -0.1) is 0 Å². The van der Waals surface area contributed by atoms with Gasteiger partial charge in [0.25, 0.3) is 0 Å². The maximum absolute atomic E-state index is 5.24. The van der Waals surface area contributed by atoms with Gasteiger partial charge in [0.15, 0.2) is 17.5 Å². The molecule has 0 aliphatic heterocycles. The summed E-state index contributed by atoms with van der Waals surface area (Å²) in [7, 11) is 0. The fourth-order valence-corrected chi connectivity index (χ4v) is 7.28. The van der Waals surface area contributed by atoms with E-state index in [2.05, 4.69) is 157 Å². The Bertz CT molecular complexity index is 2920. The van der Waals surface area contributed by atoms with Gasteiger partial charge in [-0.05, 0) is 67.0 Å². The first-order chi connectivity index (χ1) is 24.8. The third-order valence-electron chi connectivity index (χ3n) is 9.75. The van der Waals surface area contributed by atoms with Crippen LogP contribution in [-0.2, 0) is 0 Å². The molecule has 0 aliphatic rings. The molecule has 0 saturated heterocycles. The Hall–Kier alpha value is -6.78. The SMILES string of the molecule is c1ccc(-c2ccc(-c3nc(-c4ccc5ccc6ccccc6c5c4)nc(-c4cccc5ccc6c7cccnc7ccc6c45)n3)cc2)cc1. The fraction of sp³-hybridized carbons (Fsp3) is 0. The van der Waals surface area contributed by atoms with E-state index in [1.54, 1.807) is 0 Å². The van der Waals surface area contributed by atoms with Gasteiger partial charge in [-0.25, -0.2) is 15.0 Å². The van der Waals surface area contributed by atoms with Crippen molar-refractivity contribution in [2.45, 2.75) is 0 Å². The average Bonchev–Trinajstić information content (AvgIpc) is 3.20. The number of hydrogen-bond donors (Lipinski definition) is 0. The summed E-state index contributed by atoms with van der Waals surface area (Å²) in [6.07, 6.45) is 1.84. The standard InChI is InChI=1S/C46H28N4/c1-2-8-29(9-3-1)30-15-20-34(21-16-30)44-48-45(35-22-19-32-18-17-31-10-4-5-12-36(31)41(32)28-35)50-46(49-44)40-13-6-11-33-23-24-37-38-14-7-27-47-42(38)26-25-39(37)43(33)40/h1-28H. The van der Waals surface area contributed by atoms with Crippen molar-refractivity contribution in [3.8, 4) is 45.3 Å². The molecule has 0 radical (unpaired) electrons. The minimum absolute atomic E-state index is 0.634. The molecule has 10 rings (SSSR count). The molecule has 0 unspecified atom stereocenters. The van der Waals surface area contributed by atoms with Crippen LogP contribution in [0.3, 0.4) is 0 Å². The Labute approximate surface area is 288 Å². The van der Waals surface area contributed by atoms with E-state index in [1.165, 1.54) is 27.1 Å². The van der Waals surface area contributed by atoms with Gasteiger partial charge in [0.2, 0.25) is 0 Å². The number of aromatic nitrogens is 4. The lowest BCUT2D eigenvalue weighted by Gasteiger charge is -2.13. The van der Waals surface area contributed by atoms with Gasteiger partial charge in [-0.1, -0.05) is 146 Å². The summed E-state index contributed by atoms with van der Waals surface area (Å²) >= 11 is 0. The van der Waals surface area contributed by atoms with Gasteiger partial charge in [0.05, 0.1) is 5.52 Å². The van der Waals surface area contributed by atoms with Crippen LogP contribution in [0.15, 0.2) is 170 Å². The maximum Gasteiger partial charge on any atom is 0.164 e. The van der Waals surface area contributed by atoms with Crippen LogP contribution in [0.2, 0.25) is 0 Å². The van der Waals surface area contributed by atoms with Crippen LogP contribution in [0.25, 0.3) is 99.3 Å². The molecule has 0 aliphatic carbocycles. The van der Waals surface area contributed by atoms with Crippen LogP contribution in [-0.4, -0.2) is 19.9 Å². The molecule has 0 bridgehead atoms. The molecular formula is C46H28N4. The van der Waals surface area contributed by atoms with Gasteiger partial charge in [0, 0.05) is 33.7 Å². The van der Waals surface area contributed by atoms with Crippen molar-refractivity contribution in [3.05, 3.63) is 170 Å². The van der Waals surface area contributed by atoms with E-state index in [0.717, 1.165) is 54.7 Å². The van der Waals surface area contributed by atoms with E-state index < -0.39 is 0 Å². The molecule has 0 atom stereocenters. The molecule has 50 heavy (non-hydrogen) atoms. The van der Waals surface area contributed by atoms with Gasteiger partial charge in [-0.2, -0.15) is 0 Å². The van der Waals surface area contributed by atoms with Gasteiger partial charge < -0.3 is 0 Å². The molecule has 4 heteroatoms. The first-order valence-electron chi connectivity index (χ1n) is 16.8. The number of hydrogen-bond acceptors (Lipinski definition) is 4. The van der Waals surface area contributed by atoms with Gasteiger partial charge in [-0.3, -0.25) is 4.98 Å². The van der Waals surface area contributed by atoms with E-state index in [1.807, 2.05) is 18.3 Å². The molecule has 232 valence electrons. The molecule has 2 aromatic heterocycles. The quantitative estimate of drug-likeness (QED) is 0.180. The molecule has 4 nitrogen and oxygen atoms in total. The van der Waals surface area contributed by atoms with Crippen molar-refractivity contribution in [2.75, 3.05) is 0 Å². The Kier molecular flexibility index (Phi) is 6.46. The van der Waals surface area contributed by atoms with Crippen molar-refractivity contribution in [3.63, 3.8) is 0 Å². The maximum atomic E-state index is 5.24. The van der Waals surface area contributed by atoms with Crippen LogP contribution in [0.5, 0.6) is 0 Å². The minimum Gasteiger partial charge on any atom is -0.256 e. The highest BCUT2D eigenvalue weighted by Crippen LogP contribution is 2.37. The molecule has 0 spiro atoms. The summed E-state index contributed by atoms with van der Waals surface area (Å²) < 4.78 is 0. The predicted octanol–water partition coefficient (Wildman–Crippen LogP) is 11.7. The fourth-order valence-electron chi connectivity index (χ4n) is 7.28. The topological polar surface area (TPSA) is 51.6 Å². The van der Waals surface area contributed by atoms with Crippen molar-refractivity contribution >= 4 is 54.0 Å². The number of nitrogens with zero attached hydrogens (tertiary/aromatic N) is 4. The highest BCUT2D eigenvalue weighted by molar-refractivity contribution is 6.20. The van der Waals surface area contributed by atoms with Crippen molar-refractivity contribution in [2.24, 2.45) is 0 Å². The van der Waals surface area contributed by atoms with Crippen LogP contribution in [0, 0.1) is 0 Å². The molecule has 0 amide bonds. The second-order valence-corrected chi connectivity index (χ2v) is 12.7. The van der Waals surface area contributed by atoms with Crippen molar-refractivity contribution < 1.29 is 0 Å². The summed E-state index contributed by atoms with van der Waals surface area (Å²) in [5, 5.41) is 10.4. The highest BCUT2D eigenvalue weighted by atomic mass is 15.0. The first-order valence-corrected chi connectivity index (χ1v) is 16.8. The number of rotatable bonds is 4. The van der Waals surface area contributed by atoms with Crippen LogP contribution < -0.4 is 0 Å². The monoisotopic (exact) mass is 636 g/mol. The summed E-state index contributed by atoms with van der Waals surface area (Å²) in [6, 6.07) is 57.5. The van der Waals surface area contributed by atoms with Crippen LogP contribution in [0.4, 0.5) is 0 Å². The molecule has 10 aromatic rings. The lowest BCUT2D eigenvalue weighted by Crippen LogP contribution is -2.01. The summed E-state index contributed by atoms with van der Waals surface area (Å²) in [5.41, 5.74) is 6.14. The largest absolute Gasteiger partial charge is 0.256 e. The summed E-state index contributed by atoms with van der Waals surface area (Å²) in [4.78, 5) is 20.2. The Balaban J connectivity index is 1.22. The second-order valence-electron chi connectivity index (χ2n) is 12.7. The minimum atomic E-state index is 0.634. The third kappa shape index (κ3) is 4.69. The zero-order chi connectivity index (χ0) is 33.0. The molecule has 2 heterocycles. The molecular weight excluding hydrogens is 609 g/mol. The van der Waals surface area contributed by atoms with E-state index >= 15 is 0 Å². The van der Waals surface area contributed by atoms with Crippen LogP contribution >= 0.6 is 0 Å². The molecule has 8 aromatic carbocycles. The number of fused-ring (bicyclic) bond motifs is 8. The normalized spacial score (nSPS) is 11.6. The predicted molar refractivity (Wildman–Crippen MR) is 207 cm³/mol. The van der Waals surface area contributed by atoms with Gasteiger partial charge in [0.1, 0.15) is 0 Å². The van der Waals surface area contributed by atoms with Crippen molar-refractivity contribution in [1.29, 1.82) is 0 Å². The van der Waals surface area contributed by atoms with E-state index in [4.69, 9.17) is 15.0 Å². The smallest absolute Gasteiger partial charge is 0.164 e. The van der Waals surface area contributed by atoms with E-state index in [0.29, 0.717) is 17.5 Å². The lowest BCUT2D eigenvalue weighted by atomic mass is 9.95. The molecule has 0 saturated carbocycles. The Morgan fingerprint density at radius 3 is 1.82 bits per heavy atom. The van der Waals surface area contributed by atoms with E-state index in [9.17, 15) is 0 Å². The summed E-state index contributed by atoms with van der Waals surface area (Å²) in [5.74, 6) is 1.91. The molecule has 0 fully saturated rings. The average molecular weight is 637 g/mol. The summed E-state index contributed by atoms with van der Waals surface area (Å²) in [6.45, 7) is 0. The Morgan fingerprint density at radius 2 is 0.940 bits per heavy atom. The zero-order valence-corrected chi connectivity index (χ0v) is 27.0. The molecule has 0 N–H and O–H groups in total. The first kappa shape index (κ1) is 28.3. The third-order valence-corrected chi connectivity index (χ3v) is 9.75. The highest BCUT2D eigenvalue weighted by Gasteiger charge is 2.17. The van der Waals surface area contributed by atoms with Crippen LogP contribution in [0.1, 0.15) is 0 Å². The van der Waals surface area contributed by atoms with Gasteiger partial charge >= 0.3 is 0 Å². The van der Waals surface area contributed by atoms with Crippen molar-refractivity contribution in [1.82, 2.24) is 19.9 Å². The zero-order valence-electron chi connectivity index (χ0n) is 27.0. The number of benzene rings is 8. The lowest BCUT2D eigenvalue weighted by molar-refractivity contribution is 1.08. The Morgan fingerprint density at radius 1 is 0.320 bits per heavy atom.